The van der Waals surface area contributed by atoms with Gasteiger partial charge in [-0.05, 0) is 59.2 Å². The lowest BCUT2D eigenvalue weighted by Gasteiger charge is -2.35. The van der Waals surface area contributed by atoms with Crippen LogP contribution >= 0.6 is 35.1 Å². The van der Waals surface area contributed by atoms with Gasteiger partial charge in [0, 0.05) is 44.7 Å². The number of hydrogen-bond donors (Lipinski definition) is 0. The van der Waals surface area contributed by atoms with Gasteiger partial charge in [0.25, 0.3) is 0 Å². The molecule has 10 nitrogen and oxygen atoms in total. The van der Waals surface area contributed by atoms with Crippen LogP contribution in [0.15, 0.2) is 35.6 Å². The monoisotopic (exact) mass is 640 g/mol. The molecular weight excluding hydrogens is 603 g/mol. The molecule has 1 amide bonds. The Balaban J connectivity index is 1.75. The van der Waals surface area contributed by atoms with E-state index in [9.17, 15) is 14.4 Å². The summed E-state index contributed by atoms with van der Waals surface area (Å²) in [6.45, 7) is 14.5. The van der Waals surface area contributed by atoms with Gasteiger partial charge in [-0.3, -0.25) is 28.6 Å². The van der Waals surface area contributed by atoms with Crippen LogP contribution in [0.25, 0.3) is 0 Å². The van der Waals surface area contributed by atoms with Crippen molar-refractivity contribution < 1.29 is 28.6 Å². The highest BCUT2D eigenvalue weighted by Gasteiger charge is 2.38. The van der Waals surface area contributed by atoms with Crippen molar-refractivity contribution in [2.24, 2.45) is 0 Å². The first-order chi connectivity index (χ1) is 19.5. The molecule has 0 radical (unpaired) electrons. The molecule has 0 N–H and O–H groups in total. The van der Waals surface area contributed by atoms with Crippen molar-refractivity contribution in [2.75, 3.05) is 26.2 Å². The fourth-order valence-corrected chi connectivity index (χ4v) is 5.23. The maximum absolute atomic E-state index is 13.1. The van der Waals surface area contributed by atoms with Crippen LogP contribution in [-0.4, -0.2) is 80.6 Å². The van der Waals surface area contributed by atoms with E-state index in [2.05, 4.69) is 14.9 Å². The van der Waals surface area contributed by atoms with Gasteiger partial charge < -0.3 is 14.2 Å². The van der Waals surface area contributed by atoms with Gasteiger partial charge in [0.05, 0.1) is 41.2 Å². The minimum absolute atomic E-state index is 0.0636. The minimum atomic E-state index is -1.45. The van der Waals surface area contributed by atoms with E-state index in [0.29, 0.717) is 34.8 Å². The van der Waals surface area contributed by atoms with Gasteiger partial charge in [-0.15, -0.1) is 0 Å². The Labute approximate surface area is 261 Å². The van der Waals surface area contributed by atoms with Gasteiger partial charge >= 0.3 is 11.9 Å². The van der Waals surface area contributed by atoms with Gasteiger partial charge in [-0.25, -0.2) is 4.98 Å². The smallest absolute Gasteiger partial charge is 0.327 e. The van der Waals surface area contributed by atoms with Crippen molar-refractivity contribution in [3.05, 3.63) is 51.9 Å². The molecule has 42 heavy (non-hydrogen) atoms. The third kappa shape index (κ3) is 10.7. The number of halogens is 2. The van der Waals surface area contributed by atoms with Crippen LogP contribution in [0.4, 0.5) is 0 Å². The first-order valence-corrected chi connectivity index (χ1v) is 15.1. The molecule has 1 aliphatic rings. The molecule has 1 fully saturated rings. The molecule has 0 unspecified atom stereocenters. The van der Waals surface area contributed by atoms with E-state index in [1.165, 1.54) is 23.6 Å². The lowest BCUT2D eigenvalue weighted by molar-refractivity contribution is -0.169. The van der Waals surface area contributed by atoms with Gasteiger partial charge in [-0.2, -0.15) is 0 Å². The molecule has 0 spiro atoms. The molecule has 1 aliphatic heterocycles. The van der Waals surface area contributed by atoms with Crippen LogP contribution in [0.2, 0.25) is 10.0 Å². The Morgan fingerprint density at radius 3 is 2.29 bits per heavy atom. The normalized spacial score (nSPS) is 16.3. The Hall–Kier alpha value is -2.44. The van der Waals surface area contributed by atoms with Crippen molar-refractivity contribution in [1.82, 2.24) is 19.2 Å². The predicted molar refractivity (Wildman–Crippen MR) is 161 cm³/mol. The second-order valence-corrected chi connectivity index (χ2v) is 13.8. The van der Waals surface area contributed by atoms with E-state index in [-0.39, 0.29) is 24.2 Å². The highest BCUT2D eigenvalue weighted by atomic mass is 35.5. The molecule has 3 rings (SSSR count). The summed E-state index contributed by atoms with van der Waals surface area (Å²) in [4.78, 5) is 49.7. The number of aromatic nitrogens is 2. The Bertz CT molecular complexity index is 1260. The first-order valence-electron chi connectivity index (χ1n) is 13.5. The zero-order valence-electron chi connectivity index (χ0n) is 25.0. The fourth-order valence-electron chi connectivity index (χ4n) is 4.06. The molecule has 2 heterocycles. The van der Waals surface area contributed by atoms with Crippen LogP contribution in [0, 0.1) is 0 Å². The number of carbonyl (C=O) groups is 3. The van der Waals surface area contributed by atoms with Gasteiger partial charge in [0.15, 0.2) is 5.92 Å². The van der Waals surface area contributed by atoms with Crippen LogP contribution < -0.4 is 0 Å². The molecule has 1 aromatic heterocycles. The summed E-state index contributed by atoms with van der Waals surface area (Å²) in [6.07, 6.45) is 2.53. The number of hydrogen-bond acceptors (Lipinski definition) is 10. The average Bonchev–Trinajstić information content (AvgIpc) is 2.84. The highest BCUT2D eigenvalue weighted by Crippen LogP contribution is 2.28. The maximum Gasteiger partial charge on any atom is 0.327 e. The van der Waals surface area contributed by atoms with E-state index in [1.807, 2.05) is 12.1 Å². The molecule has 0 saturated carbocycles. The number of rotatable bonds is 9. The Morgan fingerprint density at radius 2 is 1.71 bits per heavy atom. The fraction of sp³-hybridized carbons (Fsp3) is 0.552. The third-order valence-corrected chi connectivity index (χ3v) is 7.50. The summed E-state index contributed by atoms with van der Waals surface area (Å²) in [6, 6.07) is 5.56. The van der Waals surface area contributed by atoms with Crippen molar-refractivity contribution >= 4 is 53.0 Å². The van der Waals surface area contributed by atoms with Crippen LogP contribution in [-0.2, 0) is 35.1 Å². The zero-order chi connectivity index (χ0) is 31.2. The van der Waals surface area contributed by atoms with Crippen molar-refractivity contribution in [3.8, 4) is 0 Å². The molecule has 1 aromatic carbocycles. The van der Waals surface area contributed by atoms with E-state index < -0.39 is 29.1 Å². The predicted octanol–water partition coefficient (Wildman–Crippen LogP) is 5.31. The number of esters is 2. The van der Waals surface area contributed by atoms with Gasteiger partial charge in [-0.1, -0.05) is 29.3 Å². The van der Waals surface area contributed by atoms with E-state index >= 15 is 0 Å². The van der Waals surface area contributed by atoms with Crippen LogP contribution in [0.5, 0.6) is 0 Å². The SMILES string of the molecule is CC(=O)N(C[C@@H]1CN(Cc2ccc(Cl)c(Cl)c2)CCO1)Sc1cncc(C(C(=O)OC(C)(C)C)C(=O)OC(C)(C)C)n1. The first kappa shape index (κ1) is 34.1. The van der Waals surface area contributed by atoms with Crippen LogP contribution in [0.1, 0.15) is 65.6 Å². The third-order valence-electron chi connectivity index (χ3n) is 5.75. The van der Waals surface area contributed by atoms with E-state index in [1.54, 1.807) is 47.6 Å². The van der Waals surface area contributed by atoms with E-state index in [4.69, 9.17) is 37.4 Å². The summed E-state index contributed by atoms with van der Waals surface area (Å²) in [7, 11) is 0. The summed E-state index contributed by atoms with van der Waals surface area (Å²) < 4.78 is 18.5. The zero-order valence-corrected chi connectivity index (χ0v) is 27.3. The molecular formula is C29H38Cl2N4O6S. The molecule has 1 atom stereocenters. The van der Waals surface area contributed by atoms with E-state index in [0.717, 1.165) is 24.1 Å². The largest absolute Gasteiger partial charge is 0.459 e. The van der Waals surface area contributed by atoms with Crippen molar-refractivity contribution in [1.29, 1.82) is 0 Å². The molecule has 230 valence electrons. The number of ether oxygens (including phenoxy) is 3. The van der Waals surface area contributed by atoms with Crippen molar-refractivity contribution in [3.63, 3.8) is 0 Å². The summed E-state index contributed by atoms with van der Waals surface area (Å²) in [5.74, 6) is -3.25. The van der Waals surface area contributed by atoms with Gasteiger partial charge in [0.1, 0.15) is 16.2 Å². The number of amides is 1. The molecule has 0 aliphatic carbocycles. The maximum atomic E-state index is 13.1. The lowest BCUT2D eigenvalue weighted by Crippen LogP contribution is -2.46. The number of nitrogens with zero attached hydrogens (tertiary/aromatic N) is 4. The molecule has 13 heteroatoms. The lowest BCUT2D eigenvalue weighted by atomic mass is 10.0. The highest BCUT2D eigenvalue weighted by molar-refractivity contribution is 7.97. The van der Waals surface area contributed by atoms with Crippen molar-refractivity contribution in [2.45, 2.75) is 83.3 Å². The molecule has 0 bridgehead atoms. The Kier molecular flexibility index (Phi) is 11.6. The summed E-state index contributed by atoms with van der Waals surface area (Å²) in [5, 5.41) is 1.33. The molecule has 1 saturated heterocycles. The van der Waals surface area contributed by atoms with Gasteiger partial charge in [0.2, 0.25) is 5.91 Å². The number of carbonyl (C=O) groups excluding carboxylic acids is 3. The van der Waals surface area contributed by atoms with Crippen LogP contribution in [0.3, 0.4) is 0 Å². The topological polar surface area (TPSA) is 111 Å². The second kappa shape index (κ2) is 14.4. The molecule has 2 aromatic rings. The number of morpholine rings is 1. The standard InChI is InChI=1S/C29H38Cl2N4O6S/c1-18(36)35(17-20-16-34(10-11-39-20)15-19-8-9-21(30)22(31)12-19)42-24-14-32-13-23(33-24)25(26(37)40-28(2,3)4)27(38)41-29(5,6)7/h8-9,12-14,20,25H,10-11,15-17H2,1-7H3/t20-/m0/s1. The Morgan fingerprint density at radius 1 is 1.07 bits per heavy atom. The summed E-state index contributed by atoms with van der Waals surface area (Å²) in [5.41, 5.74) is -0.583. The summed E-state index contributed by atoms with van der Waals surface area (Å²) >= 11 is 13.3. The number of benzene rings is 1. The quantitative estimate of drug-likeness (QED) is 0.203. The second-order valence-electron chi connectivity index (χ2n) is 11.9. The minimum Gasteiger partial charge on any atom is -0.459 e. The average molecular weight is 642 g/mol.